The Morgan fingerprint density at radius 2 is 1.96 bits per heavy atom. The van der Waals surface area contributed by atoms with Gasteiger partial charge in [-0.05, 0) is 30.7 Å². The Balaban J connectivity index is 1.91. The molecule has 0 saturated carbocycles. The zero-order valence-electron chi connectivity index (χ0n) is 15.3. The summed E-state index contributed by atoms with van der Waals surface area (Å²) < 4.78 is 32.6. The molecule has 3 heterocycles. The molecule has 3 aromatic rings. The first kappa shape index (κ1) is 18.6. The van der Waals surface area contributed by atoms with E-state index in [1.807, 2.05) is 0 Å². The molecular weight excluding hydrogens is 380 g/mol. The number of benzene rings is 1. The number of nitrogens with zero attached hydrogens (tertiary/aromatic N) is 2. The Morgan fingerprint density at radius 1 is 1.25 bits per heavy atom. The minimum atomic E-state index is -3.82. The average molecular weight is 400 g/mol. The quantitative estimate of drug-likeness (QED) is 0.628. The van der Waals surface area contributed by atoms with Gasteiger partial charge in [0.15, 0.2) is 5.65 Å². The standard InChI is InChI=1S/C19H20N4O4S/c1-2-27-19(24)13-8-16-17(14-10-21-22-11-14)12-23(18(16)20-9-13)28(25,26)15-6-4-3-5-7-15/h3-9,12,14,21-22H,2,10-11H2,1H3. The summed E-state index contributed by atoms with van der Waals surface area (Å²) in [6.07, 6.45) is 2.96. The summed E-state index contributed by atoms with van der Waals surface area (Å²) in [5.74, 6) is -0.432. The fraction of sp³-hybridized carbons (Fsp3) is 0.263. The molecule has 0 unspecified atom stereocenters. The van der Waals surface area contributed by atoms with Crippen LogP contribution in [-0.2, 0) is 14.8 Å². The van der Waals surface area contributed by atoms with Crippen molar-refractivity contribution in [1.29, 1.82) is 0 Å². The van der Waals surface area contributed by atoms with Crippen molar-refractivity contribution >= 4 is 27.0 Å². The lowest BCUT2D eigenvalue weighted by Gasteiger charge is -2.07. The van der Waals surface area contributed by atoms with Gasteiger partial charge in [0, 0.05) is 36.8 Å². The van der Waals surface area contributed by atoms with Crippen LogP contribution in [0.1, 0.15) is 28.8 Å². The van der Waals surface area contributed by atoms with E-state index >= 15 is 0 Å². The molecule has 1 aromatic carbocycles. The van der Waals surface area contributed by atoms with Gasteiger partial charge in [-0.1, -0.05) is 18.2 Å². The fourth-order valence-corrected chi connectivity index (χ4v) is 4.68. The molecule has 0 spiro atoms. The highest BCUT2D eigenvalue weighted by molar-refractivity contribution is 7.90. The van der Waals surface area contributed by atoms with Crippen molar-refractivity contribution in [3.63, 3.8) is 0 Å². The molecule has 1 aliphatic rings. The van der Waals surface area contributed by atoms with E-state index < -0.39 is 16.0 Å². The maximum Gasteiger partial charge on any atom is 0.339 e. The molecule has 28 heavy (non-hydrogen) atoms. The molecule has 8 nitrogen and oxygen atoms in total. The van der Waals surface area contributed by atoms with Crippen LogP contribution in [0.3, 0.4) is 0 Å². The van der Waals surface area contributed by atoms with Crippen LogP contribution in [0.2, 0.25) is 0 Å². The smallest absolute Gasteiger partial charge is 0.339 e. The van der Waals surface area contributed by atoms with Crippen molar-refractivity contribution in [3.05, 3.63) is 59.9 Å². The van der Waals surface area contributed by atoms with Crippen molar-refractivity contribution in [2.75, 3.05) is 19.7 Å². The number of nitrogens with one attached hydrogen (secondary N) is 2. The van der Waals surface area contributed by atoms with E-state index in [2.05, 4.69) is 15.8 Å². The molecule has 146 valence electrons. The van der Waals surface area contributed by atoms with Crippen molar-refractivity contribution in [2.24, 2.45) is 0 Å². The monoisotopic (exact) mass is 400 g/mol. The molecule has 0 atom stereocenters. The highest BCUT2D eigenvalue weighted by Gasteiger charge is 2.27. The van der Waals surface area contributed by atoms with Crippen LogP contribution in [0.5, 0.6) is 0 Å². The van der Waals surface area contributed by atoms with E-state index in [1.54, 1.807) is 49.5 Å². The number of esters is 1. The lowest BCUT2D eigenvalue weighted by atomic mass is 10.00. The number of carbonyl (C=O) groups excluding carboxylic acids is 1. The largest absolute Gasteiger partial charge is 0.462 e. The zero-order valence-corrected chi connectivity index (χ0v) is 16.1. The van der Waals surface area contributed by atoms with E-state index in [0.717, 1.165) is 5.56 Å². The summed E-state index contributed by atoms with van der Waals surface area (Å²) in [5, 5.41) is 0.626. The number of pyridine rings is 1. The first-order valence-corrected chi connectivity index (χ1v) is 10.4. The minimum Gasteiger partial charge on any atom is -0.462 e. The Labute approximate surface area is 162 Å². The fourth-order valence-electron chi connectivity index (χ4n) is 3.33. The van der Waals surface area contributed by atoms with Crippen LogP contribution in [0, 0.1) is 0 Å². The van der Waals surface area contributed by atoms with Gasteiger partial charge in [-0.15, -0.1) is 0 Å². The highest BCUT2D eigenvalue weighted by Crippen LogP contribution is 2.31. The summed E-state index contributed by atoms with van der Waals surface area (Å²) in [4.78, 5) is 16.6. The number of ether oxygens (including phenoxy) is 1. The van der Waals surface area contributed by atoms with E-state index in [4.69, 9.17) is 4.74 Å². The molecule has 0 amide bonds. The molecule has 0 radical (unpaired) electrons. The number of hydrazine groups is 1. The number of fused-ring (bicyclic) bond motifs is 1. The van der Waals surface area contributed by atoms with E-state index in [0.29, 0.717) is 29.7 Å². The Morgan fingerprint density at radius 3 is 2.64 bits per heavy atom. The van der Waals surface area contributed by atoms with Gasteiger partial charge >= 0.3 is 5.97 Å². The average Bonchev–Trinajstić information content (AvgIpc) is 3.36. The maximum absolute atomic E-state index is 13.2. The van der Waals surface area contributed by atoms with Crippen LogP contribution in [0.25, 0.3) is 11.0 Å². The second-order valence-corrected chi connectivity index (χ2v) is 8.29. The molecular formula is C19H20N4O4S. The van der Waals surface area contributed by atoms with Gasteiger partial charge < -0.3 is 4.74 Å². The molecule has 4 rings (SSSR count). The molecule has 2 aromatic heterocycles. The number of rotatable bonds is 5. The van der Waals surface area contributed by atoms with Crippen molar-refractivity contribution in [1.82, 2.24) is 19.8 Å². The van der Waals surface area contributed by atoms with Crippen LogP contribution in [0.15, 0.2) is 53.7 Å². The lowest BCUT2D eigenvalue weighted by Crippen LogP contribution is -2.21. The summed E-state index contributed by atoms with van der Waals surface area (Å²) in [5.41, 5.74) is 7.50. The molecule has 2 N–H and O–H groups in total. The van der Waals surface area contributed by atoms with Crippen molar-refractivity contribution in [3.8, 4) is 0 Å². The second kappa shape index (κ2) is 7.34. The van der Waals surface area contributed by atoms with E-state index in [-0.39, 0.29) is 17.4 Å². The predicted molar refractivity (Wildman–Crippen MR) is 103 cm³/mol. The SMILES string of the molecule is CCOC(=O)c1cnc2c(c1)c(C1CNNC1)cn2S(=O)(=O)c1ccccc1. The van der Waals surface area contributed by atoms with E-state index in [1.165, 1.54) is 10.2 Å². The second-order valence-electron chi connectivity index (χ2n) is 6.47. The molecule has 0 aliphatic carbocycles. The Hall–Kier alpha value is -2.75. The number of aromatic nitrogens is 2. The third kappa shape index (κ3) is 3.17. The Bertz CT molecular complexity index is 1120. The summed E-state index contributed by atoms with van der Waals surface area (Å²) in [6, 6.07) is 9.87. The number of hydrogen-bond donors (Lipinski definition) is 2. The molecule has 1 fully saturated rings. The highest BCUT2D eigenvalue weighted by atomic mass is 32.2. The normalized spacial score (nSPS) is 15.2. The molecule has 1 aliphatic heterocycles. The predicted octanol–water partition coefficient (Wildman–Crippen LogP) is 1.64. The van der Waals surface area contributed by atoms with Crippen LogP contribution in [-0.4, -0.2) is 43.0 Å². The van der Waals surface area contributed by atoms with Gasteiger partial charge in [-0.2, -0.15) is 0 Å². The molecule has 1 saturated heterocycles. The van der Waals surface area contributed by atoms with Gasteiger partial charge in [0.1, 0.15) is 0 Å². The van der Waals surface area contributed by atoms with E-state index in [9.17, 15) is 13.2 Å². The number of carbonyl (C=O) groups is 1. The summed E-state index contributed by atoms with van der Waals surface area (Å²) in [6.45, 7) is 3.28. The third-order valence-electron chi connectivity index (χ3n) is 4.72. The summed E-state index contributed by atoms with van der Waals surface area (Å²) >= 11 is 0. The van der Waals surface area contributed by atoms with Gasteiger partial charge in [0.2, 0.25) is 0 Å². The van der Waals surface area contributed by atoms with Crippen LogP contribution in [0.4, 0.5) is 0 Å². The molecule has 0 bridgehead atoms. The first-order chi connectivity index (χ1) is 13.5. The van der Waals surface area contributed by atoms with Gasteiger partial charge in [0.25, 0.3) is 10.0 Å². The molecule has 9 heteroatoms. The van der Waals surface area contributed by atoms with Crippen molar-refractivity contribution in [2.45, 2.75) is 17.7 Å². The van der Waals surface area contributed by atoms with Crippen molar-refractivity contribution < 1.29 is 17.9 Å². The van der Waals surface area contributed by atoms with Crippen LogP contribution < -0.4 is 10.9 Å². The zero-order chi connectivity index (χ0) is 19.7. The van der Waals surface area contributed by atoms with Gasteiger partial charge in [0.05, 0.1) is 17.1 Å². The summed E-state index contributed by atoms with van der Waals surface area (Å²) in [7, 11) is -3.82. The minimum absolute atomic E-state index is 0.0500. The Kier molecular flexibility index (Phi) is 4.88. The third-order valence-corrected chi connectivity index (χ3v) is 6.38. The van der Waals surface area contributed by atoms with Gasteiger partial charge in [-0.25, -0.2) is 22.2 Å². The maximum atomic E-state index is 13.2. The number of hydrogen-bond acceptors (Lipinski definition) is 7. The van der Waals surface area contributed by atoms with Gasteiger partial charge in [-0.3, -0.25) is 10.9 Å². The first-order valence-electron chi connectivity index (χ1n) is 8.97. The van der Waals surface area contributed by atoms with Crippen LogP contribution >= 0.6 is 0 Å². The lowest BCUT2D eigenvalue weighted by molar-refractivity contribution is 0.0526. The topological polar surface area (TPSA) is 102 Å².